The van der Waals surface area contributed by atoms with Gasteiger partial charge in [-0.05, 0) is 18.2 Å². The Labute approximate surface area is 132 Å². The first kappa shape index (κ1) is 13.7. The average molecular weight is 304 g/mol. The smallest absolute Gasteiger partial charge is 0.275 e. The second-order valence-corrected chi connectivity index (χ2v) is 5.47. The van der Waals surface area contributed by atoms with E-state index in [1.165, 1.54) is 0 Å². The van der Waals surface area contributed by atoms with Crippen LogP contribution in [0.4, 0.5) is 0 Å². The number of H-pyrrole nitrogens is 1. The summed E-state index contributed by atoms with van der Waals surface area (Å²) >= 11 is 0. The molecule has 2 aromatic heterocycles. The van der Waals surface area contributed by atoms with E-state index in [0.29, 0.717) is 18.8 Å². The SMILES string of the molecule is NCCn1cc(-c2nc3ccccc3[nH]c2=O)c2ccccc21. The summed E-state index contributed by atoms with van der Waals surface area (Å²) in [6.45, 7) is 1.24. The normalized spacial score (nSPS) is 11.3. The fourth-order valence-electron chi connectivity index (χ4n) is 2.97. The molecule has 0 aliphatic rings. The van der Waals surface area contributed by atoms with E-state index in [1.54, 1.807) is 0 Å². The first-order valence-electron chi connectivity index (χ1n) is 7.55. The third kappa shape index (κ3) is 2.22. The van der Waals surface area contributed by atoms with E-state index in [-0.39, 0.29) is 5.56 Å². The molecule has 4 rings (SSSR count). The van der Waals surface area contributed by atoms with E-state index < -0.39 is 0 Å². The Morgan fingerprint density at radius 1 is 1.09 bits per heavy atom. The number of nitrogens with zero attached hydrogens (tertiary/aromatic N) is 2. The number of benzene rings is 2. The Bertz CT molecular complexity index is 1060. The number of para-hydroxylation sites is 3. The minimum absolute atomic E-state index is 0.181. The maximum absolute atomic E-state index is 12.5. The maximum atomic E-state index is 12.5. The summed E-state index contributed by atoms with van der Waals surface area (Å²) < 4.78 is 2.07. The van der Waals surface area contributed by atoms with Crippen molar-refractivity contribution in [2.75, 3.05) is 6.54 Å². The van der Waals surface area contributed by atoms with Crippen LogP contribution in [-0.2, 0) is 6.54 Å². The van der Waals surface area contributed by atoms with Gasteiger partial charge in [-0.25, -0.2) is 4.98 Å². The van der Waals surface area contributed by atoms with Gasteiger partial charge in [0.2, 0.25) is 0 Å². The summed E-state index contributed by atoms with van der Waals surface area (Å²) in [6, 6.07) is 15.5. The quantitative estimate of drug-likeness (QED) is 0.610. The van der Waals surface area contributed by atoms with E-state index in [9.17, 15) is 4.79 Å². The minimum Gasteiger partial charge on any atom is -0.346 e. The van der Waals surface area contributed by atoms with Crippen LogP contribution in [0.1, 0.15) is 0 Å². The zero-order valence-corrected chi connectivity index (χ0v) is 12.5. The average Bonchev–Trinajstić information content (AvgIpc) is 2.93. The van der Waals surface area contributed by atoms with Gasteiger partial charge in [0.25, 0.3) is 5.56 Å². The molecule has 4 aromatic rings. The fourth-order valence-corrected chi connectivity index (χ4v) is 2.97. The number of hydrogen-bond acceptors (Lipinski definition) is 3. The lowest BCUT2D eigenvalue weighted by Gasteiger charge is -2.01. The molecule has 3 N–H and O–H groups in total. The van der Waals surface area contributed by atoms with Crippen LogP contribution in [0.3, 0.4) is 0 Å². The number of rotatable bonds is 3. The van der Waals surface area contributed by atoms with E-state index >= 15 is 0 Å². The highest BCUT2D eigenvalue weighted by atomic mass is 16.1. The van der Waals surface area contributed by atoms with Gasteiger partial charge in [0.05, 0.1) is 11.0 Å². The van der Waals surface area contributed by atoms with Crippen molar-refractivity contribution in [3.05, 3.63) is 65.1 Å². The summed E-state index contributed by atoms with van der Waals surface area (Å²) in [4.78, 5) is 20.0. The highest BCUT2D eigenvalue weighted by molar-refractivity contribution is 5.95. The highest BCUT2D eigenvalue weighted by Gasteiger charge is 2.14. The molecule has 114 valence electrons. The fraction of sp³-hybridized carbons (Fsp3) is 0.111. The molecule has 0 saturated carbocycles. The van der Waals surface area contributed by atoms with Gasteiger partial charge >= 0.3 is 0 Å². The number of nitrogens with one attached hydrogen (secondary N) is 1. The van der Waals surface area contributed by atoms with Crippen molar-refractivity contribution in [1.29, 1.82) is 0 Å². The number of fused-ring (bicyclic) bond motifs is 2. The Kier molecular flexibility index (Phi) is 3.20. The zero-order valence-electron chi connectivity index (χ0n) is 12.5. The first-order chi connectivity index (χ1) is 11.3. The summed E-state index contributed by atoms with van der Waals surface area (Å²) in [6.07, 6.45) is 1.96. The Morgan fingerprint density at radius 2 is 1.87 bits per heavy atom. The number of aromatic amines is 1. The molecular formula is C18H16N4O. The molecule has 0 aliphatic heterocycles. The molecule has 5 heteroatoms. The van der Waals surface area contributed by atoms with Gasteiger partial charge in [0, 0.05) is 35.8 Å². The molecule has 0 atom stereocenters. The molecule has 0 fully saturated rings. The van der Waals surface area contributed by atoms with E-state index in [4.69, 9.17) is 5.73 Å². The van der Waals surface area contributed by atoms with Crippen molar-refractivity contribution < 1.29 is 0 Å². The molecule has 0 unspecified atom stereocenters. The van der Waals surface area contributed by atoms with Crippen LogP contribution in [0.2, 0.25) is 0 Å². The van der Waals surface area contributed by atoms with Gasteiger partial charge in [-0.15, -0.1) is 0 Å². The molecule has 0 radical (unpaired) electrons. The van der Waals surface area contributed by atoms with Crippen molar-refractivity contribution >= 4 is 21.9 Å². The predicted molar refractivity (Wildman–Crippen MR) is 92.4 cm³/mol. The van der Waals surface area contributed by atoms with Gasteiger partial charge in [0.15, 0.2) is 0 Å². The van der Waals surface area contributed by atoms with Crippen molar-refractivity contribution in [3.63, 3.8) is 0 Å². The highest BCUT2D eigenvalue weighted by Crippen LogP contribution is 2.28. The summed E-state index contributed by atoms with van der Waals surface area (Å²) in [7, 11) is 0. The summed E-state index contributed by atoms with van der Waals surface area (Å²) in [5.41, 5.74) is 9.37. The van der Waals surface area contributed by atoms with E-state index in [0.717, 1.165) is 27.5 Å². The summed E-state index contributed by atoms with van der Waals surface area (Å²) in [5, 5.41) is 1.01. The van der Waals surface area contributed by atoms with Gasteiger partial charge in [-0.1, -0.05) is 30.3 Å². The van der Waals surface area contributed by atoms with Crippen LogP contribution >= 0.6 is 0 Å². The lowest BCUT2D eigenvalue weighted by atomic mass is 10.1. The van der Waals surface area contributed by atoms with Gasteiger partial charge < -0.3 is 15.3 Å². The monoisotopic (exact) mass is 304 g/mol. The molecule has 0 saturated heterocycles. The third-order valence-electron chi connectivity index (χ3n) is 4.01. The molecule has 2 aromatic carbocycles. The number of nitrogens with two attached hydrogens (primary N) is 1. The predicted octanol–water partition coefficient (Wildman–Crippen LogP) is 2.50. The lowest BCUT2D eigenvalue weighted by molar-refractivity contribution is 0.736. The Morgan fingerprint density at radius 3 is 2.74 bits per heavy atom. The van der Waals surface area contributed by atoms with Crippen LogP contribution in [-0.4, -0.2) is 21.1 Å². The van der Waals surface area contributed by atoms with Crippen molar-refractivity contribution in [2.24, 2.45) is 5.73 Å². The van der Waals surface area contributed by atoms with Gasteiger partial charge in [-0.2, -0.15) is 0 Å². The molecule has 0 aliphatic carbocycles. The topological polar surface area (TPSA) is 76.7 Å². The third-order valence-corrected chi connectivity index (χ3v) is 4.01. The van der Waals surface area contributed by atoms with Crippen LogP contribution in [0.15, 0.2) is 59.5 Å². The van der Waals surface area contributed by atoms with Gasteiger partial charge in [-0.3, -0.25) is 4.79 Å². The lowest BCUT2D eigenvalue weighted by Crippen LogP contribution is -2.11. The second kappa shape index (κ2) is 5.37. The largest absolute Gasteiger partial charge is 0.346 e. The van der Waals surface area contributed by atoms with E-state index in [1.807, 2.05) is 54.7 Å². The molecule has 23 heavy (non-hydrogen) atoms. The molecule has 2 heterocycles. The second-order valence-electron chi connectivity index (χ2n) is 5.47. The Balaban J connectivity index is 2.02. The minimum atomic E-state index is -0.181. The van der Waals surface area contributed by atoms with Crippen LogP contribution in [0.25, 0.3) is 33.2 Å². The van der Waals surface area contributed by atoms with Gasteiger partial charge in [0.1, 0.15) is 5.69 Å². The molecular weight excluding hydrogens is 288 g/mol. The molecule has 0 bridgehead atoms. The maximum Gasteiger partial charge on any atom is 0.275 e. The van der Waals surface area contributed by atoms with Crippen molar-refractivity contribution in [3.8, 4) is 11.3 Å². The van der Waals surface area contributed by atoms with Crippen LogP contribution in [0.5, 0.6) is 0 Å². The van der Waals surface area contributed by atoms with Crippen LogP contribution < -0.4 is 11.3 Å². The number of aromatic nitrogens is 3. The van der Waals surface area contributed by atoms with Crippen molar-refractivity contribution in [1.82, 2.24) is 14.5 Å². The molecule has 5 nitrogen and oxygen atoms in total. The zero-order chi connectivity index (χ0) is 15.8. The first-order valence-corrected chi connectivity index (χ1v) is 7.55. The number of hydrogen-bond donors (Lipinski definition) is 2. The van der Waals surface area contributed by atoms with Crippen molar-refractivity contribution in [2.45, 2.75) is 6.54 Å². The molecule has 0 amide bonds. The Hall–Kier alpha value is -2.92. The van der Waals surface area contributed by atoms with E-state index in [2.05, 4.69) is 14.5 Å². The standard InChI is InChI=1S/C18H16N4O/c19-9-10-22-11-13(12-5-1-4-8-16(12)22)17-18(23)21-15-7-3-2-6-14(15)20-17/h1-8,11H,9-10,19H2,(H,21,23). The summed E-state index contributed by atoms with van der Waals surface area (Å²) in [5.74, 6) is 0. The molecule has 0 spiro atoms. The van der Waals surface area contributed by atoms with Crippen LogP contribution in [0, 0.1) is 0 Å².